The van der Waals surface area contributed by atoms with E-state index < -0.39 is 0 Å². The van der Waals surface area contributed by atoms with Crippen LogP contribution in [-0.4, -0.2) is 62.3 Å². The van der Waals surface area contributed by atoms with E-state index in [1.54, 1.807) is 0 Å². The minimum absolute atomic E-state index is 0.409. The summed E-state index contributed by atoms with van der Waals surface area (Å²) < 4.78 is 5.50. The van der Waals surface area contributed by atoms with Gasteiger partial charge in [0, 0.05) is 39.3 Å². The van der Waals surface area contributed by atoms with Gasteiger partial charge in [0.2, 0.25) is 0 Å². The first-order valence-corrected chi connectivity index (χ1v) is 7.27. The number of piperazine rings is 1. The average molecular weight is 261 g/mol. The SMILES string of the molecule is c1ccc(C(N2CCNCC2)N2CCOCC2)cc1. The lowest BCUT2D eigenvalue weighted by Gasteiger charge is -2.43. The first kappa shape index (κ1) is 13.1. The van der Waals surface area contributed by atoms with Crippen molar-refractivity contribution in [3.05, 3.63) is 35.9 Å². The van der Waals surface area contributed by atoms with Crippen LogP contribution in [0.1, 0.15) is 11.7 Å². The second kappa shape index (κ2) is 6.48. The van der Waals surface area contributed by atoms with Crippen molar-refractivity contribution in [1.82, 2.24) is 15.1 Å². The van der Waals surface area contributed by atoms with Gasteiger partial charge in [-0.15, -0.1) is 0 Å². The molecule has 19 heavy (non-hydrogen) atoms. The summed E-state index contributed by atoms with van der Waals surface area (Å²) in [5.74, 6) is 0. The standard InChI is InChI=1S/C15H23N3O/c1-2-4-14(5-3-1)15(17-8-6-16-7-9-17)18-10-12-19-13-11-18/h1-5,15-16H,6-13H2. The quantitative estimate of drug-likeness (QED) is 0.876. The van der Waals surface area contributed by atoms with Crippen LogP contribution >= 0.6 is 0 Å². The molecule has 0 saturated carbocycles. The molecule has 0 amide bonds. The van der Waals surface area contributed by atoms with Crippen LogP contribution in [0.15, 0.2) is 30.3 Å². The number of rotatable bonds is 3. The number of benzene rings is 1. The van der Waals surface area contributed by atoms with Gasteiger partial charge in [-0.05, 0) is 5.56 Å². The topological polar surface area (TPSA) is 27.7 Å². The Morgan fingerprint density at radius 2 is 1.53 bits per heavy atom. The van der Waals surface area contributed by atoms with Gasteiger partial charge in [-0.1, -0.05) is 30.3 Å². The lowest BCUT2D eigenvalue weighted by atomic mass is 10.1. The van der Waals surface area contributed by atoms with Gasteiger partial charge in [0.1, 0.15) is 0 Å². The molecule has 4 nitrogen and oxygen atoms in total. The Labute approximate surface area is 115 Å². The van der Waals surface area contributed by atoms with E-state index in [0.717, 1.165) is 52.5 Å². The van der Waals surface area contributed by atoms with Crippen LogP contribution in [-0.2, 0) is 4.74 Å². The molecule has 0 radical (unpaired) electrons. The molecule has 1 aromatic carbocycles. The lowest BCUT2D eigenvalue weighted by molar-refractivity contribution is -0.0384. The van der Waals surface area contributed by atoms with E-state index in [2.05, 4.69) is 45.4 Å². The number of nitrogens with zero attached hydrogens (tertiary/aromatic N) is 2. The van der Waals surface area contributed by atoms with Gasteiger partial charge in [0.15, 0.2) is 0 Å². The maximum Gasteiger partial charge on any atom is 0.0888 e. The number of nitrogens with one attached hydrogen (secondary N) is 1. The highest BCUT2D eigenvalue weighted by Crippen LogP contribution is 2.26. The van der Waals surface area contributed by atoms with Crippen LogP contribution in [0.3, 0.4) is 0 Å². The zero-order chi connectivity index (χ0) is 12.9. The zero-order valence-corrected chi connectivity index (χ0v) is 11.4. The third-order valence-corrected chi connectivity index (χ3v) is 3.99. The Bertz CT molecular complexity index is 354. The summed E-state index contributed by atoms with van der Waals surface area (Å²) >= 11 is 0. The molecule has 1 atom stereocenters. The number of morpholine rings is 1. The Hall–Kier alpha value is -0.940. The van der Waals surface area contributed by atoms with Crippen molar-refractivity contribution in [2.75, 3.05) is 52.5 Å². The summed E-state index contributed by atoms with van der Waals surface area (Å²) in [7, 11) is 0. The highest BCUT2D eigenvalue weighted by molar-refractivity contribution is 5.19. The van der Waals surface area contributed by atoms with Gasteiger partial charge in [0.05, 0.1) is 19.4 Å². The molecule has 0 aliphatic carbocycles. The maximum absolute atomic E-state index is 5.50. The minimum Gasteiger partial charge on any atom is -0.379 e. The second-order valence-electron chi connectivity index (χ2n) is 5.22. The first-order chi connectivity index (χ1) is 9.45. The van der Waals surface area contributed by atoms with Crippen LogP contribution in [0.4, 0.5) is 0 Å². The molecule has 1 aromatic rings. The molecule has 4 heteroatoms. The third kappa shape index (κ3) is 3.15. The monoisotopic (exact) mass is 261 g/mol. The summed E-state index contributed by atoms with van der Waals surface area (Å²) in [6, 6.07) is 10.9. The molecule has 0 spiro atoms. The fraction of sp³-hybridized carbons (Fsp3) is 0.600. The molecule has 3 rings (SSSR count). The summed E-state index contributed by atoms with van der Waals surface area (Å²) in [6.07, 6.45) is 0.409. The predicted octanol–water partition coefficient (Wildman–Crippen LogP) is 0.923. The highest BCUT2D eigenvalue weighted by Gasteiger charge is 2.28. The molecular weight excluding hydrogens is 238 g/mol. The predicted molar refractivity (Wildman–Crippen MR) is 76.0 cm³/mol. The molecule has 1 N–H and O–H groups in total. The summed E-state index contributed by atoms with van der Waals surface area (Å²) in [6.45, 7) is 8.20. The molecule has 2 aliphatic rings. The molecule has 1 unspecified atom stereocenters. The normalized spacial score (nSPS) is 24.2. The van der Waals surface area contributed by atoms with E-state index in [1.165, 1.54) is 5.56 Å². The molecule has 2 heterocycles. The number of hydrogen-bond donors (Lipinski definition) is 1. The van der Waals surface area contributed by atoms with E-state index in [0.29, 0.717) is 6.17 Å². The summed E-state index contributed by atoms with van der Waals surface area (Å²) in [5, 5.41) is 3.44. The smallest absolute Gasteiger partial charge is 0.0888 e. The first-order valence-electron chi connectivity index (χ1n) is 7.27. The molecular formula is C15H23N3O. The van der Waals surface area contributed by atoms with Crippen LogP contribution in [0.5, 0.6) is 0 Å². The Morgan fingerprint density at radius 3 is 2.21 bits per heavy atom. The largest absolute Gasteiger partial charge is 0.379 e. The van der Waals surface area contributed by atoms with Gasteiger partial charge in [-0.25, -0.2) is 0 Å². The van der Waals surface area contributed by atoms with Crippen molar-refractivity contribution in [2.45, 2.75) is 6.17 Å². The van der Waals surface area contributed by atoms with Gasteiger partial charge in [0.25, 0.3) is 0 Å². The molecule has 0 bridgehead atoms. The Kier molecular flexibility index (Phi) is 4.45. The molecule has 2 saturated heterocycles. The lowest BCUT2D eigenvalue weighted by Crippen LogP contribution is -2.52. The van der Waals surface area contributed by atoms with E-state index >= 15 is 0 Å². The van der Waals surface area contributed by atoms with Crippen molar-refractivity contribution in [1.29, 1.82) is 0 Å². The molecule has 2 aliphatic heterocycles. The van der Waals surface area contributed by atoms with Crippen molar-refractivity contribution in [3.8, 4) is 0 Å². The highest BCUT2D eigenvalue weighted by atomic mass is 16.5. The molecule has 2 fully saturated rings. The van der Waals surface area contributed by atoms with Crippen LogP contribution < -0.4 is 5.32 Å². The fourth-order valence-electron chi connectivity index (χ4n) is 3.03. The summed E-state index contributed by atoms with van der Waals surface area (Å²) in [4.78, 5) is 5.15. The van der Waals surface area contributed by atoms with Gasteiger partial charge in [-0.3, -0.25) is 9.80 Å². The van der Waals surface area contributed by atoms with E-state index in [1.807, 2.05) is 0 Å². The minimum atomic E-state index is 0.409. The van der Waals surface area contributed by atoms with Crippen molar-refractivity contribution < 1.29 is 4.74 Å². The fourth-order valence-corrected chi connectivity index (χ4v) is 3.03. The number of hydrogen-bond acceptors (Lipinski definition) is 4. The average Bonchev–Trinajstić information content (AvgIpc) is 2.51. The summed E-state index contributed by atoms with van der Waals surface area (Å²) in [5.41, 5.74) is 1.41. The van der Waals surface area contributed by atoms with E-state index in [-0.39, 0.29) is 0 Å². The third-order valence-electron chi connectivity index (χ3n) is 3.99. The molecule has 104 valence electrons. The van der Waals surface area contributed by atoms with Crippen molar-refractivity contribution in [2.24, 2.45) is 0 Å². The van der Waals surface area contributed by atoms with Crippen LogP contribution in [0.25, 0.3) is 0 Å². The van der Waals surface area contributed by atoms with Gasteiger partial charge >= 0.3 is 0 Å². The van der Waals surface area contributed by atoms with Crippen LogP contribution in [0, 0.1) is 0 Å². The van der Waals surface area contributed by atoms with Crippen molar-refractivity contribution in [3.63, 3.8) is 0 Å². The van der Waals surface area contributed by atoms with E-state index in [4.69, 9.17) is 4.74 Å². The van der Waals surface area contributed by atoms with Crippen LogP contribution in [0.2, 0.25) is 0 Å². The Balaban J connectivity index is 1.81. The second-order valence-corrected chi connectivity index (χ2v) is 5.22. The zero-order valence-electron chi connectivity index (χ0n) is 11.4. The van der Waals surface area contributed by atoms with E-state index in [9.17, 15) is 0 Å². The van der Waals surface area contributed by atoms with Gasteiger partial charge < -0.3 is 10.1 Å². The molecule has 0 aromatic heterocycles. The Morgan fingerprint density at radius 1 is 0.895 bits per heavy atom. The maximum atomic E-state index is 5.50. The van der Waals surface area contributed by atoms with Crippen molar-refractivity contribution >= 4 is 0 Å². The van der Waals surface area contributed by atoms with Gasteiger partial charge in [-0.2, -0.15) is 0 Å². The number of ether oxygens (including phenoxy) is 1.